The lowest BCUT2D eigenvalue weighted by molar-refractivity contribution is 0.0939. The van der Waals surface area contributed by atoms with Gasteiger partial charge in [-0.3, -0.25) is 23.5 Å². The summed E-state index contributed by atoms with van der Waals surface area (Å²) in [5.41, 5.74) is 7.48. The van der Waals surface area contributed by atoms with E-state index < -0.39 is 23.3 Å². The third-order valence-electron chi connectivity index (χ3n) is 6.49. The molecule has 0 aliphatic carbocycles. The van der Waals surface area contributed by atoms with Gasteiger partial charge in [0.15, 0.2) is 5.82 Å². The van der Waals surface area contributed by atoms with Crippen LogP contribution in [-0.4, -0.2) is 41.6 Å². The molecule has 212 valence electrons. The van der Waals surface area contributed by atoms with Crippen molar-refractivity contribution in [3.63, 3.8) is 0 Å². The zero-order chi connectivity index (χ0) is 30.0. The van der Waals surface area contributed by atoms with E-state index in [1.165, 1.54) is 27.4 Å². The maximum atomic E-state index is 14.4. The highest BCUT2D eigenvalue weighted by Crippen LogP contribution is 2.24. The first-order valence-corrected chi connectivity index (χ1v) is 13.0. The molecular weight excluding hydrogens is 537 g/mol. The second kappa shape index (κ2) is 11.4. The van der Waals surface area contributed by atoms with Crippen molar-refractivity contribution in [1.82, 2.24) is 34.4 Å². The lowest BCUT2D eigenvalue weighted by atomic mass is 10.1. The molecule has 4 N–H and O–H groups in total. The Bertz CT molecular complexity index is 1960. The number of benzene rings is 2. The van der Waals surface area contributed by atoms with Crippen LogP contribution in [0.4, 0.5) is 16.0 Å². The normalized spacial score (nSPS) is 11.5. The minimum atomic E-state index is -0.810. The van der Waals surface area contributed by atoms with Crippen LogP contribution in [0.2, 0.25) is 0 Å². The SMILES string of the molecule is C=CCNc1c(C(=O)NC(C)c2nc3cccc(C#Cc4cnn(C)c4)c3c(=O)n2-c2cccc(F)c2)c(N)nn1C. The van der Waals surface area contributed by atoms with Crippen LogP contribution in [0.25, 0.3) is 16.6 Å². The molecule has 3 heterocycles. The molecular formula is C30H28FN9O2. The molecule has 5 rings (SSSR count). The van der Waals surface area contributed by atoms with Crippen LogP contribution >= 0.6 is 0 Å². The van der Waals surface area contributed by atoms with Crippen molar-refractivity contribution in [3.8, 4) is 17.5 Å². The first-order chi connectivity index (χ1) is 20.2. The zero-order valence-electron chi connectivity index (χ0n) is 23.2. The van der Waals surface area contributed by atoms with Crippen molar-refractivity contribution in [2.24, 2.45) is 14.1 Å². The number of hydrogen-bond donors (Lipinski definition) is 3. The molecule has 5 aromatic rings. The van der Waals surface area contributed by atoms with E-state index in [-0.39, 0.29) is 28.3 Å². The summed E-state index contributed by atoms with van der Waals surface area (Å²) in [4.78, 5) is 32.4. The monoisotopic (exact) mass is 565 g/mol. The summed E-state index contributed by atoms with van der Waals surface area (Å²) < 4.78 is 18.8. The van der Waals surface area contributed by atoms with Gasteiger partial charge >= 0.3 is 0 Å². The number of halogens is 1. The number of carbonyl (C=O) groups is 1. The van der Waals surface area contributed by atoms with Crippen LogP contribution in [-0.2, 0) is 14.1 Å². The predicted octanol–water partition coefficient (Wildman–Crippen LogP) is 3.06. The molecule has 0 saturated carbocycles. The highest BCUT2D eigenvalue weighted by Gasteiger charge is 2.26. The van der Waals surface area contributed by atoms with Crippen LogP contribution < -0.4 is 21.9 Å². The van der Waals surface area contributed by atoms with E-state index in [1.54, 1.807) is 68.4 Å². The Morgan fingerprint density at radius 1 is 1.21 bits per heavy atom. The molecule has 0 bridgehead atoms. The van der Waals surface area contributed by atoms with Crippen molar-refractivity contribution in [1.29, 1.82) is 0 Å². The summed E-state index contributed by atoms with van der Waals surface area (Å²) in [6.07, 6.45) is 5.02. The summed E-state index contributed by atoms with van der Waals surface area (Å²) in [5.74, 6) is 5.62. The van der Waals surface area contributed by atoms with E-state index in [4.69, 9.17) is 10.7 Å². The molecule has 0 radical (unpaired) electrons. The summed E-state index contributed by atoms with van der Waals surface area (Å²) in [7, 11) is 3.44. The first kappa shape index (κ1) is 27.9. The summed E-state index contributed by atoms with van der Waals surface area (Å²) in [6.45, 7) is 5.74. The standard InChI is InChI=1S/C30H28FN9O2/c1-5-14-33-28-25(26(32)37-39(28)4)29(41)35-18(2)27-36-23-11-6-8-20(13-12-19-16-34-38(3)17-19)24(23)30(42)40(27)22-10-7-9-21(31)15-22/h5-11,15-18,33H,1,14H2,2-4H3,(H2,32,37)(H,35,41). The second-order valence-electron chi connectivity index (χ2n) is 9.54. The topological polar surface area (TPSA) is 138 Å². The number of nitrogens with one attached hydrogen (secondary N) is 2. The van der Waals surface area contributed by atoms with E-state index in [2.05, 4.69) is 39.3 Å². The van der Waals surface area contributed by atoms with Crippen molar-refractivity contribution >= 4 is 28.4 Å². The number of nitrogens with two attached hydrogens (primary N) is 1. The van der Waals surface area contributed by atoms with Gasteiger partial charge in [0.25, 0.3) is 11.5 Å². The average molecular weight is 566 g/mol. The number of amides is 1. The zero-order valence-corrected chi connectivity index (χ0v) is 23.2. The molecule has 0 aliphatic heterocycles. The van der Waals surface area contributed by atoms with Gasteiger partial charge in [0.1, 0.15) is 23.0 Å². The van der Waals surface area contributed by atoms with E-state index in [9.17, 15) is 14.0 Å². The fourth-order valence-corrected chi connectivity index (χ4v) is 4.61. The number of anilines is 2. The number of fused-ring (bicyclic) bond motifs is 1. The van der Waals surface area contributed by atoms with Gasteiger partial charge in [-0.1, -0.05) is 30.0 Å². The number of nitrogen functional groups attached to an aromatic ring is 1. The van der Waals surface area contributed by atoms with Crippen LogP contribution in [0.5, 0.6) is 0 Å². The Balaban J connectivity index is 1.64. The van der Waals surface area contributed by atoms with Crippen molar-refractivity contribution < 1.29 is 9.18 Å². The average Bonchev–Trinajstić information content (AvgIpc) is 3.50. The maximum Gasteiger partial charge on any atom is 0.267 e. The minimum Gasteiger partial charge on any atom is -0.381 e. The van der Waals surface area contributed by atoms with E-state index in [0.717, 1.165) is 0 Å². The van der Waals surface area contributed by atoms with Crippen LogP contribution in [0, 0.1) is 17.7 Å². The number of carbonyl (C=O) groups excluding carboxylic acids is 1. The fourth-order valence-electron chi connectivity index (χ4n) is 4.61. The Morgan fingerprint density at radius 2 is 2.00 bits per heavy atom. The van der Waals surface area contributed by atoms with Gasteiger partial charge in [0.05, 0.1) is 34.4 Å². The Labute approximate surface area is 240 Å². The molecule has 0 spiro atoms. The molecule has 0 aliphatic rings. The van der Waals surface area contributed by atoms with Gasteiger partial charge in [-0.2, -0.15) is 10.2 Å². The first-order valence-electron chi connectivity index (χ1n) is 13.0. The van der Waals surface area contributed by atoms with E-state index in [1.807, 2.05) is 0 Å². The molecule has 12 heteroatoms. The maximum absolute atomic E-state index is 14.4. The van der Waals surface area contributed by atoms with E-state index in [0.29, 0.717) is 29.0 Å². The Kier molecular flexibility index (Phi) is 7.57. The van der Waals surface area contributed by atoms with Gasteiger partial charge in [-0.15, -0.1) is 6.58 Å². The van der Waals surface area contributed by atoms with Crippen molar-refractivity contribution in [3.05, 3.63) is 106 Å². The minimum absolute atomic E-state index is 0.0274. The van der Waals surface area contributed by atoms with Gasteiger partial charge in [-0.05, 0) is 37.3 Å². The molecule has 3 aromatic heterocycles. The highest BCUT2D eigenvalue weighted by atomic mass is 19.1. The van der Waals surface area contributed by atoms with Crippen LogP contribution in [0.15, 0.2) is 72.3 Å². The molecule has 11 nitrogen and oxygen atoms in total. The van der Waals surface area contributed by atoms with Gasteiger partial charge in [0.2, 0.25) is 0 Å². The van der Waals surface area contributed by atoms with Crippen molar-refractivity contribution in [2.45, 2.75) is 13.0 Å². The van der Waals surface area contributed by atoms with Gasteiger partial charge < -0.3 is 16.4 Å². The Morgan fingerprint density at radius 3 is 2.71 bits per heavy atom. The van der Waals surface area contributed by atoms with Crippen LogP contribution in [0.1, 0.15) is 40.3 Å². The third-order valence-corrected chi connectivity index (χ3v) is 6.49. The van der Waals surface area contributed by atoms with Crippen LogP contribution in [0.3, 0.4) is 0 Å². The summed E-state index contributed by atoms with van der Waals surface area (Å²) >= 11 is 0. The molecule has 42 heavy (non-hydrogen) atoms. The van der Waals surface area contributed by atoms with E-state index >= 15 is 0 Å². The summed E-state index contributed by atoms with van der Waals surface area (Å²) in [5, 5.41) is 14.5. The lowest BCUT2D eigenvalue weighted by Gasteiger charge is -2.20. The molecule has 0 saturated heterocycles. The largest absolute Gasteiger partial charge is 0.381 e. The highest BCUT2D eigenvalue weighted by molar-refractivity contribution is 6.03. The fraction of sp³-hybridized carbons (Fsp3) is 0.167. The molecule has 2 aromatic carbocycles. The quantitative estimate of drug-likeness (QED) is 0.204. The summed E-state index contributed by atoms with van der Waals surface area (Å²) in [6, 6.07) is 9.95. The molecule has 1 atom stereocenters. The smallest absolute Gasteiger partial charge is 0.267 e. The second-order valence-corrected chi connectivity index (χ2v) is 9.54. The van der Waals surface area contributed by atoms with Crippen molar-refractivity contribution in [2.75, 3.05) is 17.6 Å². The lowest BCUT2D eigenvalue weighted by Crippen LogP contribution is -2.34. The number of hydrogen-bond acceptors (Lipinski definition) is 7. The number of aryl methyl sites for hydroxylation is 2. The van der Waals surface area contributed by atoms with Gasteiger partial charge in [-0.25, -0.2) is 9.37 Å². The number of aromatic nitrogens is 6. The number of rotatable bonds is 7. The molecule has 1 unspecified atom stereocenters. The Hall–Kier alpha value is -5.70. The third kappa shape index (κ3) is 5.35. The molecule has 0 fully saturated rings. The number of nitrogens with zero attached hydrogens (tertiary/aromatic N) is 6. The molecule has 1 amide bonds. The van der Waals surface area contributed by atoms with Gasteiger partial charge in [0, 0.05) is 32.4 Å². The predicted molar refractivity (Wildman–Crippen MR) is 159 cm³/mol.